The second-order valence-electron chi connectivity index (χ2n) is 7.34. The van der Waals surface area contributed by atoms with Crippen molar-refractivity contribution in [1.29, 1.82) is 0 Å². The van der Waals surface area contributed by atoms with Crippen LogP contribution in [0.4, 0.5) is 11.4 Å². The Hall–Kier alpha value is -2.49. The summed E-state index contributed by atoms with van der Waals surface area (Å²) in [4.78, 5) is 18.1. The lowest BCUT2D eigenvalue weighted by Gasteiger charge is -2.33. The average molecular weight is 432 g/mol. The van der Waals surface area contributed by atoms with Crippen LogP contribution in [-0.2, 0) is 21.2 Å². The maximum atomic E-state index is 12.0. The van der Waals surface area contributed by atoms with E-state index in [4.69, 9.17) is 0 Å². The fraction of sp³-hybridized carbons (Fsp3) is 0.429. The van der Waals surface area contributed by atoms with Crippen LogP contribution in [0.3, 0.4) is 0 Å². The van der Waals surface area contributed by atoms with Gasteiger partial charge in [-0.3, -0.25) is 15.2 Å². The summed E-state index contributed by atoms with van der Waals surface area (Å²) >= 11 is 0. The Balaban J connectivity index is 1.56. The van der Waals surface area contributed by atoms with Gasteiger partial charge in [0.1, 0.15) is 0 Å². The summed E-state index contributed by atoms with van der Waals surface area (Å²) < 4.78 is 25.5. The molecule has 30 heavy (non-hydrogen) atoms. The molecule has 8 nitrogen and oxygen atoms in total. The zero-order valence-electron chi connectivity index (χ0n) is 17.5. The highest BCUT2D eigenvalue weighted by molar-refractivity contribution is 7.89. The summed E-state index contributed by atoms with van der Waals surface area (Å²) in [6.07, 6.45) is 3.26. The van der Waals surface area contributed by atoms with Crippen molar-refractivity contribution in [2.45, 2.75) is 20.3 Å². The number of anilines is 2. The van der Waals surface area contributed by atoms with Crippen LogP contribution in [0.1, 0.15) is 18.2 Å². The molecule has 1 fully saturated rings. The summed E-state index contributed by atoms with van der Waals surface area (Å²) in [5, 5.41) is 1.43. The fourth-order valence-electron chi connectivity index (χ4n) is 3.39. The SMILES string of the molecule is CCS(=O)(=O)N1CCN(CCc2cccc(N(C=O)Nc3ccc(C)nc3)c2)CC1. The van der Waals surface area contributed by atoms with Crippen molar-refractivity contribution in [2.75, 3.05) is 48.9 Å². The second-order valence-corrected chi connectivity index (χ2v) is 9.59. The summed E-state index contributed by atoms with van der Waals surface area (Å²) in [6.45, 7) is 7.00. The molecule has 0 atom stereocenters. The van der Waals surface area contributed by atoms with Crippen molar-refractivity contribution in [2.24, 2.45) is 0 Å². The van der Waals surface area contributed by atoms with E-state index >= 15 is 0 Å². The topological polar surface area (TPSA) is 85.9 Å². The number of aromatic nitrogens is 1. The number of piperazine rings is 1. The van der Waals surface area contributed by atoms with Gasteiger partial charge in [-0.2, -0.15) is 4.31 Å². The zero-order chi connectivity index (χ0) is 21.6. The minimum atomic E-state index is -3.10. The third-order valence-electron chi connectivity index (χ3n) is 5.26. The zero-order valence-corrected chi connectivity index (χ0v) is 18.3. The van der Waals surface area contributed by atoms with Gasteiger partial charge in [-0.25, -0.2) is 13.4 Å². The van der Waals surface area contributed by atoms with Gasteiger partial charge in [-0.05, 0) is 50.1 Å². The number of hydrogen-bond acceptors (Lipinski definition) is 6. The molecule has 2 aromatic rings. The molecular formula is C21H29N5O3S. The number of benzene rings is 1. The Morgan fingerprint density at radius 1 is 1.17 bits per heavy atom. The van der Waals surface area contributed by atoms with E-state index in [0.717, 1.165) is 55.1 Å². The number of hydrogen-bond donors (Lipinski definition) is 1. The molecule has 1 aliphatic heterocycles. The molecule has 0 radical (unpaired) electrons. The quantitative estimate of drug-likeness (QED) is 0.482. The third-order valence-corrected chi connectivity index (χ3v) is 7.14. The van der Waals surface area contributed by atoms with Crippen LogP contribution in [0.5, 0.6) is 0 Å². The molecule has 0 bridgehead atoms. The molecule has 1 amide bonds. The molecule has 1 saturated heterocycles. The van der Waals surface area contributed by atoms with Crippen molar-refractivity contribution in [3.63, 3.8) is 0 Å². The van der Waals surface area contributed by atoms with Gasteiger partial charge in [0.2, 0.25) is 16.4 Å². The van der Waals surface area contributed by atoms with E-state index < -0.39 is 10.0 Å². The number of nitrogens with one attached hydrogen (secondary N) is 1. The predicted octanol–water partition coefficient (Wildman–Crippen LogP) is 1.89. The van der Waals surface area contributed by atoms with Gasteiger partial charge in [0.25, 0.3) is 0 Å². The van der Waals surface area contributed by atoms with E-state index in [2.05, 4.69) is 15.3 Å². The first-order chi connectivity index (χ1) is 14.4. The van der Waals surface area contributed by atoms with Gasteiger partial charge < -0.3 is 4.90 Å². The van der Waals surface area contributed by atoms with E-state index in [0.29, 0.717) is 13.1 Å². The van der Waals surface area contributed by atoms with Crippen LogP contribution in [0.15, 0.2) is 42.6 Å². The lowest BCUT2D eigenvalue weighted by molar-refractivity contribution is -0.107. The van der Waals surface area contributed by atoms with Gasteiger partial charge >= 0.3 is 0 Å². The largest absolute Gasteiger partial charge is 0.300 e. The standard InChI is InChI=1S/C21H29N5O3S/c1-3-30(28,29)25-13-11-24(12-14-25)10-9-19-5-4-6-21(15-19)26(17-27)23-20-8-7-18(2)22-16-20/h4-8,15-17,23H,3,9-14H2,1-2H3. The number of carbonyl (C=O) groups is 1. The summed E-state index contributed by atoms with van der Waals surface area (Å²) in [6, 6.07) is 11.6. The fourth-order valence-corrected chi connectivity index (χ4v) is 4.47. The number of pyridine rings is 1. The Morgan fingerprint density at radius 3 is 2.57 bits per heavy atom. The molecule has 3 rings (SSSR count). The molecule has 0 spiro atoms. The lowest BCUT2D eigenvalue weighted by Crippen LogP contribution is -2.49. The first kappa shape index (κ1) is 22.2. The Labute approximate surface area is 178 Å². The van der Waals surface area contributed by atoms with E-state index in [-0.39, 0.29) is 5.75 Å². The van der Waals surface area contributed by atoms with E-state index in [1.54, 1.807) is 17.4 Å². The molecule has 162 valence electrons. The highest BCUT2D eigenvalue weighted by Gasteiger charge is 2.25. The number of carbonyl (C=O) groups excluding carboxylic acids is 1. The van der Waals surface area contributed by atoms with Crippen molar-refractivity contribution in [1.82, 2.24) is 14.2 Å². The molecule has 1 aliphatic rings. The highest BCUT2D eigenvalue weighted by Crippen LogP contribution is 2.18. The molecule has 2 heterocycles. The lowest BCUT2D eigenvalue weighted by atomic mass is 10.1. The molecule has 0 saturated carbocycles. The molecule has 1 aromatic carbocycles. The van der Waals surface area contributed by atoms with Crippen molar-refractivity contribution < 1.29 is 13.2 Å². The molecule has 0 unspecified atom stereocenters. The van der Waals surface area contributed by atoms with Crippen LogP contribution in [0, 0.1) is 6.92 Å². The van der Waals surface area contributed by atoms with Crippen molar-refractivity contribution >= 4 is 27.8 Å². The molecule has 1 N–H and O–H groups in total. The first-order valence-electron chi connectivity index (χ1n) is 10.1. The number of sulfonamides is 1. The molecular weight excluding hydrogens is 402 g/mol. The normalized spacial score (nSPS) is 15.7. The Morgan fingerprint density at radius 2 is 1.93 bits per heavy atom. The van der Waals surface area contributed by atoms with Gasteiger partial charge in [0, 0.05) is 38.4 Å². The summed E-state index contributed by atoms with van der Waals surface area (Å²) in [7, 11) is -3.10. The van der Waals surface area contributed by atoms with Gasteiger partial charge in [0.15, 0.2) is 0 Å². The number of amides is 1. The second kappa shape index (κ2) is 10.0. The smallest absolute Gasteiger partial charge is 0.232 e. The maximum Gasteiger partial charge on any atom is 0.232 e. The van der Waals surface area contributed by atoms with Gasteiger partial charge in [-0.1, -0.05) is 12.1 Å². The van der Waals surface area contributed by atoms with E-state index in [9.17, 15) is 13.2 Å². The van der Waals surface area contributed by atoms with Crippen molar-refractivity contribution in [3.05, 3.63) is 53.9 Å². The Bertz CT molecular complexity index is 941. The average Bonchev–Trinajstić information content (AvgIpc) is 2.78. The van der Waals surface area contributed by atoms with Crippen molar-refractivity contribution in [3.8, 4) is 0 Å². The van der Waals surface area contributed by atoms with Crippen LogP contribution in [0.2, 0.25) is 0 Å². The van der Waals surface area contributed by atoms with Crippen LogP contribution in [-0.4, -0.2) is 67.5 Å². The van der Waals surface area contributed by atoms with Gasteiger partial charge in [-0.15, -0.1) is 0 Å². The maximum absolute atomic E-state index is 12.0. The monoisotopic (exact) mass is 431 g/mol. The van der Waals surface area contributed by atoms with Gasteiger partial charge in [0.05, 0.1) is 23.3 Å². The van der Waals surface area contributed by atoms with Crippen LogP contribution < -0.4 is 10.4 Å². The highest BCUT2D eigenvalue weighted by atomic mass is 32.2. The first-order valence-corrected chi connectivity index (χ1v) is 11.7. The minimum Gasteiger partial charge on any atom is -0.300 e. The minimum absolute atomic E-state index is 0.152. The molecule has 9 heteroatoms. The summed E-state index contributed by atoms with van der Waals surface area (Å²) in [5.74, 6) is 0.152. The number of hydrazine groups is 1. The number of aryl methyl sites for hydroxylation is 1. The third kappa shape index (κ3) is 5.78. The predicted molar refractivity (Wildman–Crippen MR) is 119 cm³/mol. The molecule has 0 aliphatic carbocycles. The Kier molecular flexibility index (Phi) is 7.41. The number of rotatable bonds is 9. The van der Waals surface area contributed by atoms with Crippen LogP contribution >= 0.6 is 0 Å². The number of nitrogens with zero attached hydrogens (tertiary/aromatic N) is 4. The van der Waals surface area contributed by atoms with Crippen LogP contribution in [0.25, 0.3) is 0 Å². The molecule has 1 aromatic heterocycles. The summed E-state index contributed by atoms with van der Waals surface area (Å²) in [5.41, 5.74) is 6.57. The van der Waals surface area contributed by atoms with E-state index in [1.165, 1.54) is 5.01 Å². The van der Waals surface area contributed by atoms with E-state index in [1.807, 2.05) is 43.3 Å².